The number of anilines is 1. The molecule has 0 radical (unpaired) electrons. The van der Waals surface area contributed by atoms with Crippen molar-refractivity contribution in [2.75, 3.05) is 44.8 Å². The Hall–Kier alpha value is -2.20. The summed E-state index contributed by atoms with van der Waals surface area (Å²) in [5.74, 6) is 1.66. The lowest BCUT2D eigenvalue weighted by molar-refractivity contribution is -0.914. The first kappa shape index (κ1) is 18.6. The number of ether oxygens (including phenoxy) is 2. The van der Waals surface area contributed by atoms with Gasteiger partial charge in [-0.1, -0.05) is 12.1 Å². The van der Waals surface area contributed by atoms with Crippen LogP contribution in [-0.4, -0.2) is 39.9 Å². The summed E-state index contributed by atoms with van der Waals surface area (Å²) in [5, 5.41) is 0. The molecule has 0 atom stereocenters. The van der Waals surface area contributed by atoms with Gasteiger partial charge in [-0.25, -0.2) is 0 Å². The summed E-state index contributed by atoms with van der Waals surface area (Å²) >= 11 is 0. The number of piperazine rings is 1. The zero-order chi connectivity index (χ0) is 18.5. The van der Waals surface area contributed by atoms with Crippen molar-refractivity contribution >= 4 is 5.69 Å². The van der Waals surface area contributed by atoms with Gasteiger partial charge in [0.2, 0.25) is 0 Å². The van der Waals surface area contributed by atoms with Crippen LogP contribution in [0.3, 0.4) is 0 Å². The van der Waals surface area contributed by atoms with E-state index >= 15 is 0 Å². The van der Waals surface area contributed by atoms with E-state index in [2.05, 4.69) is 49.1 Å². The third-order valence-electron chi connectivity index (χ3n) is 5.37. The molecule has 0 unspecified atom stereocenters. The molecule has 2 aromatic rings. The molecule has 1 N–H and O–H groups in total. The summed E-state index contributed by atoms with van der Waals surface area (Å²) in [6.07, 6.45) is 0. The normalized spacial score (nSPS) is 15.2. The predicted octanol–water partition coefficient (Wildman–Crippen LogP) is 2.62. The molecule has 26 heavy (non-hydrogen) atoms. The zero-order valence-corrected chi connectivity index (χ0v) is 16.5. The van der Waals surface area contributed by atoms with E-state index in [1.54, 1.807) is 12.0 Å². The first-order chi connectivity index (χ1) is 12.6. The first-order valence-corrected chi connectivity index (χ1v) is 9.56. The number of nitrogens with zero attached hydrogens (tertiary/aromatic N) is 1. The minimum atomic E-state index is 0.654. The number of methoxy groups -OCH3 is 1. The first-order valence-electron chi connectivity index (χ1n) is 9.56. The molecule has 0 aliphatic carbocycles. The summed E-state index contributed by atoms with van der Waals surface area (Å²) in [7, 11) is 1.71. The number of aryl methyl sites for hydroxylation is 1. The average molecular weight is 356 g/mol. The van der Waals surface area contributed by atoms with Gasteiger partial charge in [-0.05, 0) is 56.2 Å². The van der Waals surface area contributed by atoms with E-state index in [1.165, 1.54) is 22.4 Å². The maximum Gasteiger partial charge on any atom is 0.161 e. The summed E-state index contributed by atoms with van der Waals surface area (Å²) in [6.45, 7) is 12.6. The number of nitrogens with one attached hydrogen (secondary N) is 1. The Labute approximate surface area is 157 Å². The molecule has 1 heterocycles. The van der Waals surface area contributed by atoms with E-state index in [4.69, 9.17) is 9.47 Å². The number of benzene rings is 2. The summed E-state index contributed by atoms with van der Waals surface area (Å²) in [5.41, 5.74) is 5.48. The molecule has 140 valence electrons. The van der Waals surface area contributed by atoms with Crippen LogP contribution in [0.25, 0.3) is 0 Å². The molecule has 1 fully saturated rings. The Kier molecular flexibility index (Phi) is 6.04. The van der Waals surface area contributed by atoms with Crippen molar-refractivity contribution in [2.24, 2.45) is 0 Å². The van der Waals surface area contributed by atoms with Crippen molar-refractivity contribution in [2.45, 2.75) is 27.3 Å². The molecule has 1 aliphatic rings. The molecule has 0 spiro atoms. The minimum Gasteiger partial charge on any atom is -0.493 e. The summed E-state index contributed by atoms with van der Waals surface area (Å²) in [6, 6.07) is 12.9. The molecule has 4 heteroatoms. The molecule has 0 amide bonds. The van der Waals surface area contributed by atoms with Gasteiger partial charge in [-0.3, -0.25) is 0 Å². The van der Waals surface area contributed by atoms with Gasteiger partial charge >= 0.3 is 0 Å². The van der Waals surface area contributed by atoms with Crippen molar-refractivity contribution in [3.05, 3.63) is 53.1 Å². The number of hydrogen-bond donors (Lipinski definition) is 1. The Morgan fingerprint density at radius 2 is 1.81 bits per heavy atom. The van der Waals surface area contributed by atoms with Gasteiger partial charge in [0.1, 0.15) is 6.54 Å². The second-order valence-electron chi connectivity index (χ2n) is 7.05. The molecule has 0 aromatic heterocycles. The summed E-state index contributed by atoms with van der Waals surface area (Å²) in [4.78, 5) is 4.16. The number of hydrogen-bond acceptors (Lipinski definition) is 3. The van der Waals surface area contributed by atoms with Crippen LogP contribution in [0, 0.1) is 13.8 Å². The molecule has 1 saturated heterocycles. The molecular formula is C22H31N2O2+. The standard InChI is InChI=1S/C22H30N2O2/c1-5-26-21-10-9-19(15-22(21)25-4)16-23-11-13-24(14-12-23)20-8-6-7-17(2)18(20)3/h6-10,15H,5,11-14,16H2,1-4H3/p+1. The van der Waals surface area contributed by atoms with Crippen LogP contribution in [0.2, 0.25) is 0 Å². The van der Waals surface area contributed by atoms with Crippen LogP contribution in [0.5, 0.6) is 11.5 Å². The van der Waals surface area contributed by atoms with Gasteiger partial charge in [-0.15, -0.1) is 0 Å². The predicted molar refractivity (Wildman–Crippen MR) is 107 cm³/mol. The maximum atomic E-state index is 5.62. The minimum absolute atomic E-state index is 0.654. The van der Waals surface area contributed by atoms with Crippen LogP contribution in [-0.2, 0) is 6.54 Å². The Morgan fingerprint density at radius 1 is 1.04 bits per heavy atom. The zero-order valence-electron chi connectivity index (χ0n) is 16.5. The highest BCUT2D eigenvalue weighted by molar-refractivity contribution is 5.56. The highest BCUT2D eigenvalue weighted by Crippen LogP contribution is 2.28. The third kappa shape index (κ3) is 4.13. The lowest BCUT2D eigenvalue weighted by Crippen LogP contribution is -3.13. The molecule has 2 aromatic carbocycles. The van der Waals surface area contributed by atoms with Crippen LogP contribution >= 0.6 is 0 Å². The van der Waals surface area contributed by atoms with E-state index in [0.717, 1.165) is 44.2 Å². The van der Waals surface area contributed by atoms with E-state index < -0.39 is 0 Å². The van der Waals surface area contributed by atoms with Gasteiger partial charge in [0, 0.05) is 11.3 Å². The number of quaternary nitrogens is 1. The Bertz CT molecular complexity index is 737. The topological polar surface area (TPSA) is 26.1 Å². The number of rotatable bonds is 6. The smallest absolute Gasteiger partial charge is 0.161 e. The quantitative estimate of drug-likeness (QED) is 0.863. The second kappa shape index (κ2) is 8.45. The molecule has 0 saturated carbocycles. The van der Waals surface area contributed by atoms with Gasteiger partial charge in [0.05, 0.1) is 39.9 Å². The summed E-state index contributed by atoms with van der Waals surface area (Å²) < 4.78 is 11.1. The van der Waals surface area contributed by atoms with Crippen molar-refractivity contribution in [1.82, 2.24) is 0 Å². The van der Waals surface area contributed by atoms with Gasteiger partial charge in [0.25, 0.3) is 0 Å². The lowest BCUT2D eigenvalue weighted by atomic mass is 10.1. The van der Waals surface area contributed by atoms with Crippen LogP contribution in [0.15, 0.2) is 36.4 Å². The fraction of sp³-hybridized carbons (Fsp3) is 0.455. The van der Waals surface area contributed by atoms with Crippen LogP contribution in [0.1, 0.15) is 23.6 Å². The highest BCUT2D eigenvalue weighted by atomic mass is 16.5. The molecular weight excluding hydrogens is 324 g/mol. The molecule has 3 rings (SSSR count). The van der Waals surface area contributed by atoms with Crippen molar-refractivity contribution < 1.29 is 14.4 Å². The maximum absolute atomic E-state index is 5.62. The van der Waals surface area contributed by atoms with E-state index in [0.29, 0.717) is 6.61 Å². The molecule has 0 bridgehead atoms. The second-order valence-corrected chi connectivity index (χ2v) is 7.05. The van der Waals surface area contributed by atoms with E-state index in [9.17, 15) is 0 Å². The van der Waals surface area contributed by atoms with Crippen molar-refractivity contribution in [3.63, 3.8) is 0 Å². The lowest BCUT2D eigenvalue weighted by Gasteiger charge is -2.34. The monoisotopic (exact) mass is 355 g/mol. The molecule has 1 aliphatic heterocycles. The largest absolute Gasteiger partial charge is 0.493 e. The SMILES string of the molecule is CCOc1ccc(C[NH+]2CCN(c3cccc(C)c3C)CC2)cc1OC. The van der Waals surface area contributed by atoms with E-state index in [-0.39, 0.29) is 0 Å². The Morgan fingerprint density at radius 3 is 2.50 bits per heavy atom. The molecule has 4 nitrogen and oxygen atoms in total. The Balaban J connectivity index is 1.61. The fourth-order valence-corrected chi connectivity index (χ4v) is 3.70. The highest BCUT2D eigenvalue weighted by Gasteiger charge is 2.22. The van der Waals surface area contributed by atoms with E-state index in [1.807, 2.05) is 13.0 Å². The van der Waals surface area contributed by atoms with Crippen molar-refractivity contribution in [1.29, 1.82) is 0 Å². The van der Waals surface area contributed by atoms with Gasteiger partial charge in [-0.2, -0.15) is 0 Å². The van der Waals surface area contributed by atoms with Crippen LogP contribution in [0.4, 0.5) is 5.69 Å². The third-order valence-corrected chi connectivity index (χ3v) is 5.37. The van der Waals surface area contributed by atoms with Crippen molar-refractivity contribution in [3.8, 4) is 11.5 Å². The fourth-order valence-electron chi connectivity index (χ4n) is 3.70. The van der Waals surface area contributed by atoms with Gasteiger partial charge < -0.3 is 19.3 Å². The van der Waals surface area contributed by atoms with Crippen LogP contribution < -0.4 is 19.3 Å². The van der Waals surface area contributed by atoms with Gasteiger partial charge in [0.15, 0.2) is 11.5 Å². The average Bonchev–Trinajstić information content (AvgIpc) is 2.66.